The molecule has 0 unspecified atom stereocenters. The monoisotopic (exact) mass is 434 g/mol. The summed E-state index contributed by atoms with van der Waals surface area (Å²) in [6.07, 6.45) is 0. The van der Waals surface area contributed by atoms with Crippen molar-refractivity contribution in [2.24, 2.45) is 0 Å². The van der Waals surface area contributed by atoms with Gasteiger partial charge in [-0.15, -0.1) is 0 Å². The smallest absolute Gasteiger partial charge is 0.261 e. The maximum atomic E-state index is 12.6. The SMILES string of the molecule is O=C(NCc1ccccc1Cl)c1cccc(S(=O)(=O)Nc2cccc(Cl)c2)c1. The molecule has 2 N–H and O–H groups in total. The van der Waals surface area contributed by atoms with Crippen LogP contribution in [-0.4, -0.2) is 14.3 Å². The van der Waals surface area contributed by atoms with Gasteiger partial charge in [-0.25, -0.2) is 8.42 Å². The van der Waals surface area contributed by atoms with Crippen LogP contribution in [0.5, 0.6) is 0 Å². The Morgan fingerprint density at radius 1 is 0.893 bits per heavy atom. The lowest BCUT2D eigenvalue weighted by Gasteiger charge is -2.10. The molecule has 0 saturated heterocycles. The molecule has 0 spiro atoms. The molecule has 8 heteroatoms. The molecule has 0 atom stereocenters. The largest absolute Gasteiger partial charge is 0.348 e. The molecule has 0 bridgehead atoms. The average molecular weight is 435 g/mol. The first kappa shape index (κ1) is 20.2. The minimum Gasteiger partial charge on any atom is -0.348 e. The molecule has 3 aromatic rings. The second kappa shape index (κ2) is 8.65. The normalized spacial score (nSPS) is 11.1. The van der Waals surface area contributed by atoms with Crippen LogP contribution in [0.25, 0.3) is 0 Å². The molecule has 0 aromatic heterocycles. The van der Waals surface area contributed by atoms with Gasteiger partial charge in [0, 0.05) is 22.2 Å². The van der Waals surface area contributed by atoms with Crippen molar-refractivity contribution in [3.8, 4) is 0 Å². The Hall–Kier alpha value is -2.54. The molecular formula is C20H16Cl2N2O3S. The van der Waals surface area contributed by atoms with Crippen LogP contribution >= 0.6 is 23.2 Å². The Labute approximate surface area is 173 Å². The number of rotatable bonds is 6. The minimum absolute atomic E-state index is 0.0298. The van der Waals surface area contributed by atoms with E-state index in [9.17, 15) is 13.2 Å². The molecule has 3 aromatic carbocycles. The van der Waals surface area contributed by atoms with E-state index in [2.05, 4.69) is 10.0 Å². The van der Waals surface area contributed by atoms with Gasteiger partial charge in [0.05, 0.1) is 10.6 Å². The molecule has 0 aliphatic carbocycles. The van der Waals surface area contributed by atoms with Gasteiger partial charge in [-0.1, -0.05) is 53.5 Å². The summed E-state index contributed by atoms with van der Waals surface area (Å²) in [4.78, 5) is 12.4. The van der Waals surface area contributed by atoms with Crippen molar-refractivity contribution >= 4 is 44.8 Å². The second-order valence-corrected chi connectivity index (χ2v) is 8.44. The number of amides is 1. The van der Waals surface area contributed by atoms with E-state index in [0.29, 0.717) is 15.7 Å². The lowest BCUT2D eigenvalue weighted by atomic mass is 10.2. The molecule has 144 valence electrons. The summed E-state index contributed by atoms with van der Waals surface area (Å²) in [6.45, 7) is 0.232. The second-order valence-electron chi connectivity index (χ2n) is 5.92. The highest BCUT2D eigenvalue weighted by Crippen LogP contribution is 2.20. The fraction of sp³-hybridized carbons (Fsp3) is 0.0500. The van der Waals surface area contributed by atoms with Gasteiger partial charge in [0.1, 0.15) is 0 Å². The molecule has 0 saturated carbocycles. The van der Waals surface area contributed by atoms with Crippen molar-refractivity contribution < 1.29 is 13.2 Å². The molecule has 0 fully saturated rings. The molecule has 5 nitrogen and oxygen atoms in total. The number of carbonyl (C=O) groups excluding carboxylic acids is 1. The van der Waals surface area contributed by atoms with Crippen LogP contribution in [0.2, 0.25) is 10.0 Å². The van der Waals surface area contributed by atoms with Crippen molar-refractivity contribution in [1.29, 1.82) is 0 Å². The van der Waals surface area contributed by atoms with E-state index < -0.39 is 15.9 Å². The molecular weight excluding hydrogens is 419 g/mol. The van der Waals surface area contributed by atoms with E-state index in [0.717, 1.165) is 5.56 Å². The van der Waals surface area contributed by atoms with Crippen LogP contribution in [0, 0.1) is 0 Å². The third kappa shape index (κ3) is 5.04. The van der Waals surface area contributed by atoms with Gasteiger partial charge in [-0.2, -0.15) is 0 Å². The first-order valence-electron chi connectivity index (χ1n) is 8.25. The average Bonchev–Trinajstić information content (AvgIpc) is 2.67. The molecule has 0 aliphatic rings. The molecule has 1 amide bonds. The summed E-state index contributed by atoms with van der Waals surface area (Å²) in [5, 5.41) is 3.69. The standard InChI is InChI=1S/C20H16Cl2N2O3S/c21-16-7-4-8-17(12-16)24-28(26,27)18-9-3-6-14(11-18)20(25)23-13-15-5-1-2-10-19(15)22/h1-12,24H,13H2,(H,23,25). The zero-order valence-corrected chi connectivity index (χ0v) is 16.9. The van der Waals surface area contributed by atoms with Crippen molar-refractivity contribution in [2.75, 3.05) is 4.72 Å². The number of anilines is 1. The lowest BCUT2D eigenvalue weighted by molar-refractivity contribution is 0.0950. The topological polar surface area (TPSA) is 75.3 Å². The van der Waals surface area contributed by atoms with Crippen molar-refractivity contribution in [3.63, 3.8) is 0 Å². The number of hydrogen-bond acceptors (Lipinski definition) is 3. The number of halogens is 2. The summed E-state index contributed by atoms with van der Waals surface area (Å²) < 4.78 is 27.7. The molecule has 28 heavy (non-hydrogen) atoms. The van der Waals surface area contributed by atoms with Gasteiger partial charge in [0.15, 0.2) is 0 Å². The Morgan fingerprint density at radius 3 is 2.39 bits per heavy atom. The molecule has 3 rings (SSSR count). The predicted octanol–water partition coefficient (Wildman–Crippen LogP) is 4.72. The molecule has 0 aliphatic heterocycles. The van der Waals surface area contributed by atoms with Crippen LogP contribution in [0.3, 0.4) is 0 Å². The van der Waals surface area contributed by atoms with Gasteiger partial charge in [0.2, 0.25) is 0 Å². The zero-order chi connectivity index (χ0) is 20.1. The Balaban J connectivity index is 1.75. The van der Waals surface area contributed by atoms with Gasteiger partial charge in [0.25, 0.3) is 15.9 Å². The quantitative estimate of drug-likeness (QED) is 0.588. The van der Waals surface area contributed by atoms with Gasteiger partial charge in [-0.05, 0) is 48.0 Å². The highest BCUT2D eigenvalue weighted by atomic mass is 35.5. The van der Waals surface area contributed by atoms with Crippen molar-refractivity contribution in [1.82, 2.24) is 5.32 Å². The first-order chi connectivity index (χ1) is 13.3. The highest BCUT2D eigenvalue weighted by molar-refractivity contribution is 7.92. The van der Waals surface area contributed by atoms with Crippen molar-refractivity contribution in [2.45, 2.75) is 11.4 Å². The van der Waals surface area contributed by atoms with E-state index in [1.807, 2.05) is 6.07 Å². The minimum atomic E-state index is -3.87. The van der Waals surface area contributed by atoms with Gasteiger partial charge < -0.3 is 5.32 Å². The van der Waals surface area contributed by atoms with Crippen molar-refractivity contribution in [3.05, 3.63) is 94.0 Å². The highest BCUT2D eigenvalue weighted by Gasteiger charge is 2.17. The number of sulfonamides is 1. The van der Waals surface area contributed by atoms with E-state index in [1.165, 1.54) is 24.3 Å². The third-order valence-corrected chi connectivity index (χ3v) is 5.86. The van der Waals surface area contributed by atoms with Gasteiger partial charge >= 0.3 is 0 Å². The summed E-state index contributed by atoms with van der Waals surface area (Å²) in [5.74, 6) is -0.403. The number of benzene rings is 3. The molecule has 0 heterocycles. The van der Waals surface area contributed by atoms with E-state index in [-0.39, 0.29) is 17.0 Å². The Bertz CT molecular complexity index is 1120. The lowest BCUT2D eigenvalue weighted by Crippen LogP contribution is -2.23. The first-order valence-corrected chi connectivity index (χ1v) is 10.5. The maximum Gasteiger partial charge on any atom is 0.261 e. The summed E-state index contributed by atoms with van der Waals surface area (Å²) in [7, 11) is -3.87. The molecule has 0 radical (unpaired) electrons. The Morgan fingerprint density at radius 2 is 1.64 bits per heavy atom. The number of hydrogen-bond donors (Lipinski definition) is 2. The zero-order valence-electron chi connectivity index (χ0n) is 14.5. The fourth-order valence-corrected chi connectivity index (χ4v) is 3.98. The van der Waals surface area contributed by atoms with E-state index in [4.69, 9.17) is 23.2 Å². The van der Waals surface area contributed by atoms with Gasteiger partial charge in [-0.3, -0.25) is 9.52 Å². The van der Waals surface area contributed by atoms with Crippen LogP contribution < -0.4 is 10.0 Å². The van der Waals surface area contributed by atoms with E-state index in [1.54, 1.807) is 42.5 Å². The van der Waals surface area contributed by atoms with Crippen LogP contribution in [-0.2, 0) is 16.6 Å². The number of carbonyl (C=O) groups is 1. The predicted molar refractivity (Wildman–Crippen MR) is 111 cm³/mol. The Kier molecular flexibility index (Phi) is 6.24. The van der Waals surface area contributed by atoms with Crippen LogP contribution in [0.15, 0.2) is 77.7 Å². The maximum absolute atomic E-state index is 12.6. The third-order valence-electron chi connectivity index (χ3n) is 3.88. The number of nitrogens with one attached hydrogen (secondary N) is 2. The van der Waals surface area contributed by atoms with Crippen LogP contribution in [0.4, 0.5) is 5.69 Å². The summed E-state index contributed by atoms with van der Waals surface area (Å²) >= 11 is 12.0. The summed E-state index contributed by atoms with van der Waals surface area (Å²) in [5.41, 5.74) is 1.33. The van der Waals surface area contributed by atoms with E-state index >= 15 is 0 Å². The fourth-order valence-electron chi connectivity index (χ4n) is 2.49. The van der Waals surface area contributed by atoms with Crippen LogP contribution in [0.1, 0.15) is 15.9 Å². The summed E-state index contributed by atoms with van der Waals surface area (Å²) in [6, 6.07) is 19.3.